The van der Waals surface area contributed by atoms with Crippen molar-refractivity contribution in [2.45, 2.75) is 33.2 Å². The zero-order valence-electron chi connectivity index (χ0n) is 10.5. The molecule has 0 aliphatic carbocycles. The molecule has 1 aliphatic rings. The predicted molar refractivity (Wildman–Crippen MR) is 69.1 cm³/mol. The monoisotopic (exact) mass is 229 g/mol. The lowest BCUT2D eigenvalue weighted by atomic mass is 9.86. The topological polar surface area (TPSA) is 20.3 Å². The van der Waals surface area contributed by atoms with Crippen LogP contribution < -0.4 is 0 Å². The van der Waals surface area contributed by atoms with Gasteiger partial charge in [-0.1, -0.05) is 50.3 Å². The van der Waals surface area contributed by atoms with Gasteiger partial charge >= 0.3 is 0 Å². The SMILES string of the molecule is CC1(C)CC=CN(Cc2ccccc2)C(=O)C1. The van der Waals surface area contributed by atoms with E-state index in [4.69, 9.17) is 0 Å². The van der Waals surface area contributed by atoms with Crippen LogP contribution in [0.4, 0.5) is 0 Å². The summed E-state index contributed by atoms with van der Waals surface area (Å²) in [4.78, 5) is 13.9. The summed E-state index contributed by atoms with van der Waals surface area (Å²) in [6.45, 7) is 4.95. The number of hydrogen-bond acceptors (Lipinski definition) is 1. The van der Waals surface area contributed by atoms with Crippen molar-refractivity contribution in [1.29, 1.82) is 0 Å². The smallest absolute Gasteiger partial charge is 0.227 e. The van der Waals surface area contributed by atoms with Crippen LogP contribution in [0.25, 0.3) is 0 Å². The summed E-state index contributed by atoms with van der Waals surface area (Å²) in [7, 11) is 0. The quantitative estimate of drug-likeness (QED) is 0.761. The average Bonchev–Trinajstić information content (AvgIpc) is 2.39. The largest absolute Gasteiger partial charge is 0.315 e. The fraction of sp³-hybridized carbons (Fsp3) is 0.400. The van der Waals surface area contributed by atoms with Crippen molar-refractivity contribution in [2.75, 3.05) is 0 Å². The van der Waals surface area contributed by atoms with Crippen molar-refractivity contribution in [1.82, 2.24) is 4.90 Å². The Kier molecular flexibility index (Phi) is 3.32. The van der Waals surface area contributed by atoms with Gasteiger partial charge in [-0.2, -0.15) is 0 Å². The number of carbonyl (C=O) groups is 1. The van der Waals surface area contributed by atoms with Crippen LogP contribution >= 0.6 is 0 Å². The van der Waals surface area contributed by atoms with E-state index in [9.17, 15) is 4.79 Å². The summed E-state index contributed by atoms with van der Waals surface area (Å²) in [6, 6.07) is 10.1. The minimum Gasteiger partial charge on any atom is -0.315 e. The minimum atomic E-state index is 0.0824. The maximum Gasteiger partial charge on any atom is 0.227 e. The number of hydrogen-bond donors (Lipinski definition) is 0. The second-order valence-corrected chi connectivity index (χ2v) is 5.44. The molecule has 0 saturated heterocycles. The van der Waals surface area contributed by atoms with E-state index in [1.54, 1.807) is 0 Å². The van der Waals surface area contributed by atoms with E-state index < -0.39 is 0 Å². The molecule has 0 saturated carbocycles. The Hall–Kier alpha value is -1.57. The fourth-order valence-corrected chi connectivity index (χ4v) is 2.09. The first kappa shape index (κ1) is 11.9. The maximum atomic E-state index is 12.1. The van der Waals surface area contributed by atoms with E-state index in [1.807, 2.05) is 29.3 Å². The number of amides is 1. The van der Waals surface area contributed by atoms with Gasteiger partial charge in [-0.05, 0) is 17.4 Å². The van der Waals surface area contributed by atoms with Gasteiger partial charge in [-0.3, -0.25) is 4.79 Å². The highest BCUT2D eigenvalue weighted by molar-refractivity contribution is 5.78. The second kappa shape index (κ2) is 4.74. The molecule has 2 heteroatoms. The van der Waals surface area contributed by atoms with Gasteiger partial charge in [-0.25, -0.2) is 0 Å². The van der Waals surface area contributed by atoms with Gasteiger partial charge in [0.15, 0.2) is 0 Å². The first-order chi connectivity index (χ1) is 8.07. The molecule has 1 heterocycles. The van der Waals surface area contributed by atoms with Gasteiger partial charge in [-0.15, -0.1) is 0 Å². The molecule has 1 amide bonds. The molecule has 2 rings (SSSR count). The van der Waals surface area contributed by atoms with Gasteiger partial charge in [0.05, 0.1) is 6.54 Å². The van der Waals surface area contributed by atoms with Crippen LogP contribution in [-0.2, 0) is 11.3 Å². The zero-order chi connectivity index (χ0) is 12.3. The molecule has 0 bridgehead atoms. The second-order valence-electron chi connectivity index (χ2n) is 5.44. The van der Waals surface area contributed by atoms with Gasteiger partial charge in [0, 0.05) is 12.6 Å². The lowest BCUT2D eigenvalue weighted by Crippen LogP contribution is -2.27. The van der Waals surface area contributed by atoms with Gasteiger partial charge in [0.25, 0.3) is 0 Å². The molecule has 1 aromatic carbocycles. The first-order valence-electron chi connectivity index (χ1n) is 6.07. The molecule has 0 radical (unpaired) electrons. The Morgan fingerprint density at radius 1 is 1.24 bits per heavy atom. The minimum absolute atomic E-state index is 0.0824. The predicted octanol–water partition coefficient (Wildman–Crippen LogP) is 3.35. The molecule has 0 N–H and O–H groups in total. The van der Waals surface area contributed by atoms with Crippen molar-refractivity contribution in [2.24, 2.45) is 5.41 Å². The fourth-order valence-electron chi connectivity index (χ4n) is 2.09. The number of carbonyl (C=O) groups excluding carboxylic acids is 1. The van der Waals surface area contributed by atoms with E-state index in [0.29, 0.717) is 13.0 Å². The summed E-state index contributed by atoms with van der Waals surface area (Å²) in [5.41, 5.74) is 1.25. The van der Waals surface area contributed by atoms with Gasteiger partial charge in [0.2, 0.25) is 5.91 Å². The van der Waals surface area contributed by atoms with Gasteiger partial charge in [0.1, 0.15) is 0 Å². The van der Waals surface area contributed by atoms with Crippen molar-refractivity contribution >= 4 is 5.91 Å². The molecule has 0 aromatic heterocycles. The number of allylic oxidation sites excluding steroid dienone is 1. The molecule has 1 aromatic rings. The molecule has 90 valence electrons. The normalized spacial score (nSPS) is 19.2. The van der Waals surface area contributed by atoms with Crippen LogP contribution in [0, 0.1) is 5.41 Å². The van der Waals surface area contributed by atoms with Crippen LogP contribution in [0.3, 0.4) is 0 Å². The third-order valence-electron chi connectivity index (χ3n) is 3.10. The number of benzene rings is 1. The molecular weight excluding hydrogens is 210 g/mol. The Labute approximate surface area is 103 Å². The van der Waals surface area contributed by atoms with Crippen LogP contribution in [0.2, 0.25) is 0 Å². The Morgan fingerprint density at radius 2 is 1.94 bits per heavy atom. The molecule has 0 spiro atoms. The summed E-state index contributed by atoms with van der Waals surface area (Å²) < 4.78 is 0. The Morgan fingerprint density at radius 3 is 2.65 bits per heavy atom. The summed E-state index contributed by atoms with van der Waals surface area (Å²) in [5.74, 6) is 0.215. The van der Waals surface area contributed by atoms with Crippen molar-refractivity contribution in [3.63, 3.8) is 0 Å². The summed E-state index contributed by atoms with van der Waals surface area (Å²) >= 11 is 0. The lowest BCUT2D eigenvalue weighted by molar-refractivity contribution is -0.130. The lowest BCUT2D eigenvalue weighted by Gasteiger charge is -2.22. The standard InChI is InChI=1S/C15H19NO/c1-15(2)9-6-10-16(14(17)11-15)12-13-7-4-3-5-8-13/h3-8,10H,9,11-12H2,1-2H3. The molecular formula is C15H19NO. The van der Waals surface area contributed by atoms with Crippen LogP contribution in [0.15, 0.2) is 42.6 Å². The van der Waals surface area contributed by atoms with E-state index in [-0.39, 0.29) is 11.3 Å². The molecule has 17 heavy (non-hydrogen) atoms. The van der Waals surface area contributed by atoms with E-state index in [1.165, 1.54) is 5.56 Å². The molecule has 2 nitrogen and oxygen atoms in total. The van der Waals surface area contributed by atoms with Crippen LogP contribution in [0.5, 0.6) is 0 Å². The molecule has 0 unspecified atom stereocenters. The zero-order valence-corrected chi connectivity index (χ0v) is 10.5. The van der Waals surface area contributed by atoms with Crippen molar-refractivity contribution in [3.05, 3.63) is 48.2 Å². The summed E-state index contributed by atoms with van der Waals surface area (Å²) in [6.07, 6.45) is 5.62. The Balaban J connectivity index is 2.09. The van der Waals surface area contributed by atoms with E-state index in [2.05, 4.69) is 32.1 Å². The maximum absolute atomic E-state index is 12.1. The highest BCUT2D eigenvalue weighted by atomic mass is 16.2. The third kappa shape index (κ3) is 3.19. The van der Waals surface area contributed by atoms with E-state index in [0.717, 1.165) is 6.42 Å². The van der Waals surface area contributed by atoms with Crippen molar-refractivity contribution in [3.8, 4) is 0 Å². The number of rotatable bonds is 2. The number of nitrogens with zero attached hydrogens (tertiary/aromatic N) is 1. The van der Waals surface area contributed by atoms with Crippen molar-refractivity contribution < 1.29 is 4.79 Å². The highest BCUT2D eigenvalue weighted by Gasteiger charge is 2.26. The Bertz CT molecular complexity index is 420. The molecule has 1 aliphatic heterocycles. The third-order valence-corrected chi connectivity index (χ3v) is 3.10. The van der Waals surface area contributed by atoms with Crippen LogP contribution in [0.1, 0.15) is 32.3 Å². The van der Waals surface area contributed by atoms with Crippen LogP contribution in [-0.4, -0.2) is 10.8 Å². The summed E-state index contributed by atoms with van der Waals surface area (Å²) in [5, 5.41) is 0. The van der Waals surface area contributed by atoms with E-state index >= 15 is 0 Å². The highest BCUT2D eigenvalue weighted by Crippen LogP contribution is 2.29. The van der Waals surface area contributed by atoms with Gasteiger partial charge < -0.3 is 4.90 Å². The first-order valence-corrected chi connectivity index (χ1v) is 6.07. The average molecular weight is 229 g/mol. The molecule has 0 fully saturated rings. The molecule has 0 atom stereocenters.